The van der Waals surface area contributed by atoms with Gasteiger partial charge in [0.2, 0.25) is 0 Å². The van der Waals surface area contributed by atoms with Crippen LogP contribution in [0.25, 0.3) is 0 Å². The molecular formula is C22H24ClN. The van der Waals surface area contributed by atoms with E-state index in [2.05, 4.69) is 30.3 Å². The minimum Gasteiger partial charge on any atom is -0.281 e. The summed E-state index contributed by atoms with van der Waals surface area (Å²) in [7, 11) is 0. The summed E-state index contributed by atoms with van der Waals surface area (Å²) in [6, 6.07) is 17.6. The molecule has 2 aromatic rings. The van der Waals surface area contributed by atoms with Crippen LogP contribution in [0, 0.1) is 0 Å². The summed E-state index contributed by atoms with van der Waals surface area (Å²) in [5.41, 5.74) is 5.12. The molecule has 1 aliphatic carbocycles. The first kappa shape index (κ1) is 15.9. The van der Waals surface area contributed by atoms with Crippen LogP contribution in [-0.2, 0) is 0 Å². The predicted octanol–water partition coefficient (Wildman–Crippen LogP) is 6.71. The molecule has 124 valence electrons. The Labute approximate surface area is 149 Å². The van der Waals surface area contributed by atoms with E-state index in [1.165, 1.54) is 43.2 Å². The SMILES string of the molecule is Clc1ccccc1C1=NC(c2ccc(C3CCCCC3)cc2)CC1. The Bertz CT molecular complexity index is 726. The molecule has 4 rings (SSSR count). The molecule has 0 bridgehead atoms. The van der Waals surface area contributed by atoms with Gasteiger partial charge in [0.1, 0.15) is 0 Å². The highest BCUT2D eigenvalue weighted by Gasteiger charge is 2.22. The van der Waals surface area contributed by atoms with E-state index in [-0.39, 0.29) is 6.04 Å². The lowest BCUT2D eigenvalue weighted by Gasteiger charge is -2.22. The van der Waals surface area contributed by atoms with Gasteiger partial charge in [0, 0.05) is 16.3 Å². The normalized spacial score (nSPS) is 21.7. The molecule has 0 amide bonds. The highest BCUT2D eigenvalue weighted by atomic mass is 35.5. The minimum atomic E-state index is 0.289. The van der Waals surface area contributed by atoms with E-state index in [0.717, 1.165) is 35.1 Å². The van der Waals surface area contributed by atoms with E-state index in [4.69, 9.17) is 16.6 Å². The third kappa shape index (κ3) is 3.28. The summed E-state index contributed by atoms with van der Waals surface area (Å²) in [5.74, 6) is 0.776. The molecule has 2 aliphatic rings. The molecule has 24 heavy (non-hydrogen) atoms. The maximum Gasteiger partial charge on any atom is 0.0756 e. The molecule has 1 heterocycles. The first-order valence-electron chi connectivity index (χ1n) is 9.23. The van der Waals surface area contributed by atoms with Crippen LogP contribution < -0.4 is 0 Å². The van der Waals surface area contributed by atoms with E-state index >= 15 is 0 Å². The van der Waals surface area contributed by atoms with Gasteiger partial charge in [-0.05, 0) is 48.8 Å². The molecule has 0 spiro atoms. The highest BCUT2D eigenvalue weighted by Crippen LogP contribution is 2.36. The van der Waals surface area contributed by atoms with Crippen molar-refractivity contribution in [1.29, 1.82) is 0 Å². The molecule has 1 aliphatic heterocycles. The van der Waals surface area contributed by atoms with Gasteiger partial charge >= 0.3 is 0 Å². The second kappa shape index (κ2) is 7.11. The van der Waals surface area contributed by atoms with Crippen molar-refractivity contribution in [2.45, 2.75) is 56.9 Å². The maximum atomic E-state index is 6.32. The fraction of sp³-hybridized carbons (Fsp3) is 0.409. The molecule has 1 saturated carbocycles. The van der Waals surface area contributed by atoms with Crippen LogP contribution >= 0.6 is 11.6 Å². The molecule has 1 unspecified atom stereocenters. The third-order valence-electron chi connectivity index (χ3n) is 5.55. The summed E-state index contributed by atoms with van der Waals surface area (Å²) >= 11 is 6.32. The van der Waals surface area contributed by atoms with Gasteiger partial charge in [0.05, 0.1) is 6.04 Å². The zero-order chi connectivity index (χ0) is 16.4. The number of hydrogen-bond acceptors (Lipinski definition) is 1. The van der Waals surface area contributed by atoms with Gasteiger partial charge in [-0.25, -0.2) is 0 Å². The minimum absolute atomic E-state index is 0.289. The van der Waals surface area contributed by atoms with Gasteiger partial charge < -0.3 is 0 Å². The van der Waals surface area contributed by atoms with E-state index in [9.17, 15) is 0 Å². The molecule has 2 heteroatoms. The topological polar surface area (TPSA) is 12.4 Å². The third-order valence-corrected chi connectivity index (χ3v) is 5.88. The van der Waals surface area contributed by atoms with E-state index in [1.54, 1.807) is 0 Å². The van der Waals surface area contributed by atoms with Gasteiger partial charge in [0.25, 0.3) is 0 Å². The molecular weight excluding hydrogens is 314 g/mol. The lowest BCUT2D eigenvalue weighted by Crippen LogP contribution is -2.04. The fourth-order valence-corrected chi connectivity index (χ4v) is 4.40. The van der Waals surface area contributed by atoms with Gasteiger partial charge in [-0.15, -0.1) is 0 Å². The number of halogens is 1. The molecule has 0 saturated heterocycles. The zero-order valence-corrected chi connectivity index (χ0v) is 14.8. The molecule has 1 atom stereocenters. The Morgan fingerprint density at radius 3 is 2.25 bits per heavy atom. The molecule has 0 aromatic heterocycles. The van der Waals surface area contributed by atoms with Crippen molar-refractivity contribution in [2.24, 2.45) is 4.99 Å². The fourth-order valence-electron chi connectivity index (χ4n) is 4.16. The van der Waals surface area contributed by atoms with Gasteiger partial charge in [-0.3, -0.25) is 4.99 Å². The number of benzene rings is 2. The number of rotatable bonds is 3. The number of aliphatic imine (C=N–C) groups is 1. The van der Waals surface area contributed by atoms with Crippen molar-refractivity contribution in [3.8, 4) is 0 Å². The monoisotopic (exact) mass is 337 g/mol. The predicted molar refractivity (Wildman–Crippen MR) is 102 cm³/mol. The number of hydrogen-bond donors (Lipinski definition) is 0. The van der Waals surface area contributed by atoms with Crippen LogP contribution in [0.2, 0.25) is 5.02 Å². The van der Waals surface area contributed by atoms with Crippen molar-refractivity contribution in [3.63, 3.8) is 0 Å². The summed E-state index contributed by atoms with van der Waals surface area (Å²) in [6.07, 6.45) is 9.01. The molecule has 1 fully saturated rings. The Morgan fingerprint density at radius 2 is 1.50 bits per heavy atom. The van der Waals surface area contributed by atoms with Gasteiger partial charge in [-0.1, -0.05) is 73.3 Å². The van der Waals surface area contributed by atoms with Crippen LogP contribution in [0.4, 0.5) is 0 Å². The quantitative estimate of drug-likeness (QED) is 0.590. The van der Waals surface area contributed by atoms with Crippen molar-refractivity contribution < 1.29 is 0 Å². The van der Waals surface area contributed by atoms with E-state index < -0.39 is 0 Å². The molecule has 1 nitrogen and oxygen atoms in total. The van der Waals surface area contributed by atoms with Crippen molar-refractivity contribution in [1.82, 2.24) is 0 Å². The number of nitrogens with zero attached hydrogens (tertiary/aromatic N) is 1. The first-order valence-corrected chi connectivity index (χ1v) is 9.60. The smallest absolute Gasteiger partial charge is 0.0756 e. The van der Waals surface area contributed by atoms with E-state index in [0.29, 0.717) is 0 Å². The molecule has 0 radical (unpaired) electrons. The summed E-state index contributed by atoms with van der Waals surface area (Å²) in [5, 5.41) is 0.810. The second-order valence-corrected chi connectivity index (χ2v) is 7.52. The molecule has 0 N–H and O–H groups in total. The van der Waals surface area contributed by atoms with Crippen LogP contribution in [0.1, 0.15) is 73.6 Å². The largest absolute Gasteiger partial charge is 0.281 e. The Hall–Kier alpha value is -1.60. The summed E-state index contributed by atoms with van der Waals surface area (Å²) in [6.45, 7) is 0. The van der Waals surface area contributed by atoms with E-state index in [1.807, 2.05) is 18.2 Å². The Balaban J connectivity index is 1.51. The van der Waals surface area contributed by atoms with Gasteiger partial charge in [-0.2, -0.15) is 0 Å². The lowest BCUT2D eigenvalue weighted by molar-refractivity contribution is 0.443. The lowest BCUT2D eigenvalue weighted by atomic mass is 9.83. The first-order chi connectivity index (χ1) is 11.8. The standard InChI is InChI=1S/C22H24ClN/c23-20-9-5-4-8-19(20)22-15-14-21(24-22)18-12-10-17(11-13-18)16-6-2-1-3-7-16/h4-5,8-13,16,21H,1-3,6-7,14-15H2. The Kier molecular flexibility index (Phi) is 4.71. The van der Waals surface area contributed by atoms with Crippen LogP contribution in [0.5, 0.6) is 0 Å². The average Bonchev–Trinajstić information content (AvgIpc) is 3.13. The summed E-state index contributed by atoms with van der Waals surface area (Å²) < 4.78 is 0. The van der Waals surface area contributed by atoms with Crippen molar-refractivity contribution in [3.05, 3.63) is 70.2 Å². The maximum absolute atomic E-state index is 6.32. The van der Waals surface area contributed by atoms with Crippen LogP contribution in [-0.4, -0.2) is 5.71 Å². The summed E-state index contributed by atoms with van der Waals surface area (Å²) in [4.78, 5) is 4.96. The van der Waals surface area contributed by atoms with Crippen LogP contribution in [0.15, 0.2) is 53.5 Å². The Morgan fingerprint density at radius 1 is 0.792 bits per heavy atom. The van der Waals surface area contributed by atoms with Crippen LogP contribution in [0.3, 0.4) is 0 Å². The average molecular weight is 338 g/mol. The molecule has 2 aromatic carbocycles. The highest BCUT2D eigenvalue weighted by molar-refractivity contribution is 6.34. The zero-order valence-electron chi connectivity index (χ0n) is 14.0. The van der Waals surface area contributed by atoms with Crippen molar-refractivity contribution >= 4 is 17.3 Å². The van der Waals surface area contributed by atoms with Gasteiger partial charge in [0.15, 0.2) is 0 Å². The van der Waals surface area contributed by atoms with Crippen molar-refractivity contribution in [2.75, 3.05) is 0 Å². The second-order valence-electron chi connectivity index (χ2n) is 7.11.